The van der Waals surface area contributed by atoms with Gasteiger partial charge in [0.2, 0.25) is 5.82 Å². The summed E-state index contributed by atoms with van der Waals surface area (Å²) < 4.78 is 15.1. The smallest absolute Gasteiger partial charge is 0.407 e. The summed E-state index contributed by atoms with van der Waals surface area (Å²) in [6.45, 7) is 0.890. The highest BCUT2D eigenvalue weighted by molar-refractivity contribution is 5.65. The molecular formula is C15H10FN5O2. The summed E-state index contributed by atoms with van der Waals surface area (Å²) in [6.07, 6.45) is -1.00. The van der Waals surface area contributed by atoms with Crippen LogP contribution in [0.5, 0.6) is 0 Å². The lowest BCUT2D eigenvalue weighted by Crippen LogP contribution is -2.37. The highest BCUT2D eigenvalue weighted by Gasteiger charge is 2.23. The summed E-state index contributed by atoms with van der Waals surface area (Å²) in [7, 11) is 0. The van der Waals surface area contributed by atoms with Crippen LogP contribution in [0.3, 0.4) is 0 Å². The zero-order valence-corrected chi connectivity index (χ0v) is 11.8. The van der Waals surface area contributed by atoms with E-state index in [-0.39, 0.29) is 12.1 Å². The summed E-state index contributed by atoms with van der Waals surface area (Å²) in [4.78, 5) is 12.2. The van der Waals surface area contributed by atoms with Crippen LogP contribution >= 0.6 is 0 Å². The minimum absolute atomic E-state index is 0.155. The molecule has 7 nitrogen and oxygen atoms in total. The van der Waals surface area contributed by atoms with Crippen LogP contribution < -0.4 is 0 Å². The Hall–Kier alpha value is -3.39. The number of aromatic nitrogens is 3. The molecule has 114 valence electrons. The number of fused-ring (bicyclic) bond motifs is 1. The molecule has 2 aromatic rings. The summed E-state index contributed by atoms with van der Waals surface area (Å²) in [5.74, 6) is 5.90. The Labute approximate surface area is 130 Å². The maximum Gasteiger partial charge on any atom is 0.407 e. The highest BCUT2D eigenvalue weighted by atomic mass is 19.1. The molecule has 1 amide bonds. The van der Waals surface area contributed by atoms with E-state index in [0.717, 1.165) is 6.07 Å². The van der Waals surface area contributed by atoms with Gasteiger partial charge in [-0.25, -0.2) is 9.18 Å². The van der Waals surface area contributed by atoms with E-state index in [9.17, 15) is 9.18 Å². The Bertz CT molecular complexity index is 887. The third-order valence-corrected chi connectivity index (χ3v) is 3.37. The fraction of sp³-hybridized carbons (Fsp3) is 0.200. The number of amides is 1. The van der Waals surface area contributed by atoms with Crippen molar-refractivity contribution in [2.24, 2.45) is 0 Å². The number of benzene rings is 1. The number of rotatable bonds is 0. The fourth-order valence-corrected chi connectivity index (χ4v) is 2.27. The topological polar surface area (TPSA) is 95.0 Å². The van der Waals surface area contributed by atoms with E-state index in [0.29, 0.717) is 30.3 Å². The molecule has 1 aliphatic heterocycles. The van der Waals surface area contributed by atoms with Crippen LogP contribution in [0.2, 0.25) is 0 Å². The lowest BCUT2D eigenvalue weighted by molar-refractivity contribution is 0.131. The summed E-state index contributed by atoms with van der Waals surface area (Å²) in [5.41, 5.74) is 0.552. The number of nitriles is 1. The molecule has 1 aromatic carbocycles. The first-order valence-electron chi connectivity index (χ1n) is 6.69. The molecule has 3 rings (SSSR count). The Morgan fingerprint density at radius 2 is 2.00 bits per heavy atom. The molecule has 0 spiro atoms. The van der Waals surface area contributed by atoms with Crippen molar-refractivity contribution in [1.82, 2.24) is 19.7 Å². The summed E-state index contributed by atoms with van der Waals surface area (Å²) in [6, 6.07) is 5.71. The van der Waals surface area contributed by atoms with E-state index >= 15 is 0 Å². The van der Waals surface area contributed by atoms with Crippen LogP contribution in [0.15, 0.2) is 18.2 Å². The van der Waals surface area contributed by atoms with Gasteiger partial charge in [0.1, 0.15) is 5.82 Å². The summed E-state index contributed by atoms with van der Waals surface area (Å²) in [5, 5.41) is 25.7. The van der Waals surface area contributed by atoms with Gasteiger partial charge < -0.3 is 9.67 Å². The van der Waals surface area contributed by atoms with Crippen molar-refractivity contribution >= 4 is 6.09 Å². The second kappa shape index (κ2) is 5.78. The van der Waals surface area contributed by atoms with Gasteiger partial charge in [-0.05, 0) is 24.1 Å². The first-order chi connectivity index (χ1) is 11.1. The molecule has 23 heavy (non-hydrogen) atoms. The molecule has 0 fully saturated rings. The predicted molar refractivity (Wildman–Crippen MR) is 75.6 cm³/mol. The van der Waals surface area contributed by atoms with E-state index in [4.69, 9.17) is 10.4 Å². The molecular weight excluding hydrogens is 301 g/mol. The van der Waals surface area contributed by atoms with E-state index < -0.39 is 11.9 Å². The van der Waals surface area contributed by atoms with Crippen molar-refractivity contribution in [2.75, 3.05) is 6.54 Å². The normalized spacial score (nSPS) is 12.8. The zero-order valence-electron chi connectivity index (χ0n) is 11.8. The molecule has 0 saturated heterocycles. The van der Waals surface area contributed by atoms with Crippen LogP contribution in [-0.4, -0.2) is 37.4 Å². The van der Waals surface area contributed by atoms with Gasteiger partial charge in [-0.1, -0.05) is 5.92 Å². The fourth-order valence-electron chi connectivity index (χ4n) is 2.27. The Morgan fingerprint density at radius 3 is 2.74 bits per heavy atom. The molecule has 2 heterocycles. The lowest BCUT2D eigenvalue weighted by atomic mass is 10.1. The molecule has 1 aromatic heterocycles. The number of halogens is 1. The van der Waals surface area contributed by atoms with Gasteiger partial charge in [-0.3, -0.25) is 4.90 Å². The zero-order chi connectivity index (χ0) is 16.4. The largest absolute Gasteiger partial charge is 0.465 e. The summed E-state index contributed by atoms with van der Waals surface area (Å²) >= 11 is 0. The minimum atomic E-state index is -1.00. The van der Waals surface area contributed by atoms with E-state index in [1.807, 2.05) is 6.07 Å². The molecule has 8 heteroatoms. The SMILES string of the molecule is N#Cc1cc(F)cc(C#Cc2nnc3n2CCN(C(=O)O)C3)c1. The Balaban J connectivity index is 1.88. The molecule has 0 unspecified atom stereocenters. The van der Waals surface area contributed by atoms with Crippen LogP contribution in [0.4, 0.5) is 9.18 Å². The minimum Gasteiger partial charge on any atom is -0.465 e. The van der Waals surface area contributed by atoms with Gasteiger partial charge >= 0.3 is 6.09 Å². The predicted octanol–water partition coefficient (Wildman–Crippen LogP) is 1.18. The Morgan fingerprint density at radius 1 is 1.22 bits per heavy atom. The van der Waals surface area contributed by atoms with Gasteiger partial charge in [-0.2, -0.15) is 5.26 Å². The average molecular weight is 311 g/mol. The van der Waals surface area contributed by atoms with Crippen molar-refractivity contribution < 1.29 is 14.3 Å². The third-order valence-electron chi connectivity index (χ3n) is 3.37. The molecule has 0 saturated carbocycles. The number of hydrogen-bond donors (Lipinski definition) is 1. The van der Waals surface area contributed by atoms with Crippen LogP contribution in [0.1, 0.15) is 22.8 Å². The number of carboxylic acid groups (broad SMARTS) is 1. The van der Waals surface area contributed by atoms with Crippen molar-refractivity contribution in [3.8, 4) is 17.9 Å². The molecule has 1 N–H and O–H groups in total. The molecule has 1 aliphatic rings. The average Bonchev–Trinajstić information content (AvgIpc) is 2.94. The third kappa shape index (κ3) is 2.97. The standard InChI is InChI=1S/C15H10FN5O2/c16-12-6-10(5-11(7-12)8-17)1-2-13-18-19-14-9-20(15(22)23)3-4-21(13)14/h5-7H,3-4,9H2,(H,22,23). The van der Waals surface area contributed by atoms with E-state index in [1.165, 1.54) is 17.0 Å². The first kappa shape index (κ1) is 14.5. The molecule has 0 bridgehead atoms. The van der Waals surface area contributed by atoms with Crippen LogP contribution in [0, 0.1) is 29.0 Å². The van der Waals surface area contributed by atoms with Crippen molar-refractivity contribution in [3.05, 3.63) is 46.8 Å². The highest BCUT2D eigenvalue weighted by Crippen LogP contribution is 2.12. The second-order valence-electron chi connectivity index (χ2n) is 4.89. The van der Waals surface area contributed by atoms with E-state index in [1.54, 1.807) is 4.57 Å². The van der Waals surface area contributed by atoms with Crippen LogP contribution in [0.25, 0.3) is 0 Å². The quantitative estimate of drug-likeness (QED) is 0.737. The van der Waals surface area contributed by atoms with E-state index in [2.05, 4.69) is 22.0 Å². The maximum atomic E-state index is 13.4. The maximum absolute atomic E-state index is 13.4. The molecule has 0 atom stereocenters. The molecule has 0 aliphatic carbocycles. The lowest BCUT2D eigenvalue weighted by Gasteiger charge is -2.24. The van der Waals surface area contributed by atoms with Gasteiger partial charge in [0.05, 0.1) is 18.2 Å². The monoisotopic (exact) mass is 311 g/mol. The van der Waals surface area contributed by atoms with Gasteiger partial charge in [0.25, 0.3) is 0 Å². The first-order valence-corrected chi connectivity index (χ1v) is 6.69. The molecule has 0 radical (unpaired) electrons. The number of nitrogens with zero attached hydrogens (tertiary/aromatic N) is 5. The number of carbonyl (C=O) groups is 1. The Kier molecular flexibility index (Phi) is 3.65. The van der Waals surface area contributed by atoms with Crippen molar-refractivity contribution in [3.63, 3.8) is 0 Å². The van der Waals surface area contributed by atoms with Crippen molar-refractivity contribution in [2.45, 2.75) is 13.1 Å². The second-order valence-corrected chi connectivity index (χ2v) is 4.89. The van der Waals surface area contributed by atoms with Crippen LogP contribution in [-0.2, 0) is 13.1 Å². The van der Waals surface area contributed by atoms with Gasteiger partial charge in [0, 0.05) is 18.7 Å². The van der Waals surface area contributed by atoms with Gasteiger partial charge in [0.15, 0.2) is 5.82 Å². The van der Waals surface area contributed by atoms with Gasteiger partial charge in [-0.15, -0.1) is 10.2 Å². The van der Waals surface area contributed by atoms with Crippen molar-refractivity contribution in [1.29, 1.82) is 5.26 Å². The number of hydrogen-bond acceptors (Lipinski definition) is 4.